The molecule has 186 valence electrons. The van der Waals surface area contributed by atoms with E-state index in [1.807, 2.05) is 42.5 Å². The third kappa shape index (κ3) is 5.15. The molecule has 3 aromatic carbocycles. The predicted octanol–water partition coefficient (Wildman–Crippen LogP) is 7.32. The van der Waals surface area contributed by atoms with Gasteiger partial charge in [-0.1, -0.05) is 54.6 Å². The molecule has 3 nitrogen and oxygen atoms in total. The lowest BCUT2D eigenvalue weighted by Crippen LogP contribution is -2.14. The Morgan fingerprint density at radius 2 is 1.25 bits per heavy atom. The summed E-state index contributed by atoms with van der Waals surface area (Å²) in [6, 6.07) is 19.7. The second-order valence-corrected chi connectivity index (χ2v) is 8.34. The van der Waals surface area contributed by atoms with Crippen LogP contribution >= 0.6 is 0 Å². The molecular weight excluding hydrogens is 482 g/mol. The molecule has 0 aliphatic rings. The third-order valence-electron chi connectivity index (χ3n) is 5.91. The lowest BCUT2D eigenvalue weighted by atomic mass is 10.0. The van der Waals surface area contributed by atoms with Gasteiger partial charge in [-0.25, -0.2) is 0 Å². The average Bonchev–Trinajstić information content (AvgIpc) is 3.14. The van der Waals surface area contributed by atoms with Crippen molar-refractivity contribution in [3.8, 4) is 22.4 Å². The number of aromatic nitrogens is 1. The number of hydrogen-bond acceptors (Lipinski definition) is 1. The van der Waals surface area contributed by atoms with Crippen molar-refractivity contribution in [2.24, 2.45) is 5.73 Å². The van der Waals surface area contributed by atoms with Gasteiger partial charge in [0.25, 0.3) is 5.91 Å². The monoisotopic (exact) mass is 502 g/mol. The minimum atomic E-state index is -4.96. The number of benzene rings is 3. The maximum atomic E-state index is 13.4. The Hall–Kier alpha value is -4.01. The van der Waals surface area contributed by atoms with Crippen LogP contribution in [0, 0.1) is 6.92 Å². The smallest absolute Gasteiger partial charge is 0.366 e. The summed E-state index contributed by atoms with van der Waals surface area (Å²) in [6.07, 6.45) is -9.92. The van der Waals surface area contributed by atoms with Crippen molar-refractivity contribution in [3.05, 3.63) is 107 Å². The topological polar surface area (TPSA) is 48.0 Å². The number of rotatable bonds is 5. The van der Waals surface area contributed by atoms with Gasteiger partial charge in [0, 0.05) is 17.9 Å². The summed E-state index contributed by atoms with van der Waals surface area (Å²) in [5.74, 6) is -0.756. The van der Waals surface area contributed by atoms with Crippen LogP contribution in [0.5, 0.6) is 0 Å². The molecule has 0 unspecified atom stereocenters. The molecule has 4 aromatic rings. The molecule has 9 heteroatoms. The van der Waals surface area contributed by atoms with Gasteiger partial charge < -0.3 is 10.3 Å². The van der Waals surface area contributed by atoms with E-state index in [0.717, 1.165) is 11.1 Å². The van der Waals surface area contributed by atoms with E-state index in [0.29, 0.717) is 29.1 Å². The number of amides is 1. The number of primary amides is 1. The van der Waals surface area contributed by atoms with E-state index >= 15 is 0 Å². The van der Waals surface area contributed by atoms with Gasteiger partial charge in [0.15, 0.2) is 0 Å². The Bertz CT molecular complexity index is 1370. The molecule has 0 bridgehead atoms. The van der Waals surface area contributed by atoms with Crippen LogP contribution in [0.4, 0.5) is 26.3 Å². The number of halogens is 6. The number of alkyl halides is 6. The number of nitrogens with zero attached hydrogens (tertiary/aromatic N) is 1. The van der Waals surface area contributed by atoms with Gasteiger partial charge in [0.2, 0.25) is 0 Å². The molecular formula is C27H20F6N2O. The molecule has 0 fully saturated rings. The summed E-state index contributed by atoms with van der Waals surface area (Å²) in [5, 5.41) is 0. The Balaban J connectivity index is 1.81. The number of carbonyl (C=O) groups excluding carboxylic acids is 1. The van der Waals surface area contributed by atoms with Crippen LogP contribution in [0.25, 0.3) is 22.4 Å². The molecule has 0 atom stereocenters. The molecule has 36 heavy (non-hydrogen) atoms. The van der Waals surface area contributed by atoms with Gasteiger partial charge in [-0.3, -0.25) is 4.79 Å². The van der Waals surface area contributed by atoms with E-state index < -0.39 is 29.4 Å². The van der Waals surface area contributed by atoms with Gasteiger partial charge in [0.1, 0.15) is 0 Å². The Labute approximate surface area is 202 Å². The zero-order valence-electron chi connectivity index (χ0n) is 18.9. The van der Waals surface area contributed by atoms with Gasteiger partial charge in [-0.05, 0) is 53.4 Å². The molecule has 1 amide bonds. The number of hydrogen-bond donors (Lipinski definition) is 1. The van der Waals surface area contributed by atoms with Crippen LogP contribution in [0.2, 0.25) is 0 Å². The minimum absolute atomic E-state index is 0.0874. The van der Waals surface area contributed by atoms with Crippen molar-refractivity contribution >= 4 is 5.91 Å². The SMILES string of the molecule is Cc1c(C(N)=O)cc(-c2ccc(-c3ccccc3)cc2)n1Cc1cc(C(F)(F)F)cc(C(F)(F)F)c1. The van der Waals surface area contributed by atoms with Crippen LogP contribution in [-0.4, -0.2) is 10.5 Å². The van der Waals surface area contributed by atoms with Crippen LogP contribution in [0.15, 0.2) is 78.9 Å². The highest BCUT2D eigenvalue weighted by Gasteiger charge is 2.37. The largest absolute Gasteiger partial charge is 0.416 e. The van der Waals surface area contributed by atoms with Crippen molar-refractivity contribution in [1.82, 2.24) is 4.57 Å². The molecule has 0 spiro atoms. The second kappa shape index (κ2) is 9.22. The second-order valence-electron chi connectivity index (χ2n) is 8.34. The van der Waals surface area contributed by atoms with Crippen molar-refractivity contribution in [2.45, 2.75) is 25.8 Å². The fourth-order valence-electron chi connectivity index (χ4n) is 4.09. The average molecular weight is 502 g/mol. The number of nitrogens with two attached hydrogens (primary N) is 1. The van der Waals surface area contributed by atoms with E-state index in [9.17, 15) is 31.1 Å². The van der Waals surface area contributed by atoms with E-state index in [2.05, 4.69) is 0 Å². The van der Waals surface area contributed by atoms with Gasteiger partial charge in [0.05, 0.1) is 16.7 Å². The Morgan fingerprint density at radius 1 is 0.750 bits per heavy atom. The van der Waals surface area contributed by atoms with Gasteiger partial charge in [-0.2, -0.15) is 26.3 Å². The number of carbonyl (C=O) groups is 1. The molecule has 1 heterocycles. The van der Waals surface area contributed by atoms with E-state index in [4.69, 9.17) is 5.73 Å². The summed E-state index contributed by atoms with van der Waals surface area (Å²) in [4.78, 5) is 12.0. The van der Waals surface area contributed by atoms with Crippen molar-refractivity contribution in [3.63, 3.8) is 0 Å². The summed E-state index contributed by atoms with van der Waals surface area (Å²) >= 11 is 0. The molecule has 0 aliphatic heterocycles. The lowest BCUT2D eigenvalue weighted by molar-refractivity contribution is -0.143. The highest BCUT2D eigenvalue weighted by molar-refractivity contribution is 5.95. The van der Waals surface area contributed by atoms with Crippen LogP contribution in [0.1, 0.15) is 32.7 Å². The van der Waals surface area contributed by atoms with Crippen molar-refractivity contribution < 1.29 is 31.1 Å². The summed E-state index contributed by atoms with van der Waals surface area (Å²) in [7, 11) is 0. The lowest BCUT2D eigenvalue weighted by Gasteiger charge is -2.17. The van der Waals surface area contributed by atoms with Crippen molar-refractivity contribution in [2.75, 3.05) is 0 Å². The summed E-state index contributed by atoms with van der Waals surface area (Å²) in [5.41, 5.74) is 5.86. The molecule has 0 saturated carbocycles. The molecule has 0 radical (unpaired) electrons. The van der Waals surface area contributed by atoms with Crippen molar-refractivity contribution in [1.29, 1.82) is 0 Å². The van der Waals surface area contributed by atoms with Crippen LogP contribution in [-0.2, 0) is 18.9 Å². The predicted molar refractivity (Wildman–Crippen MR) is 124 cm³/mol. The standard InChI is InChI=1S/C27H20F6N2O/c1-16-23(25(34)36)14-24(20-9-7-19(8-10-20)18-5-3-2-4-6-18)35(16)15-17-11-21(26(28,29)30)13-22(12-17)27(31,32)33/h2-14H,15H2,1H3,(H2,34,36). The molecule has 1 aromatic heterocycles. The highest BCUT2D eigenvalue weighted by atomic mass is 19.4. The van der Waals surface area contributed by atoms with E-state index in [-0.39, 0.29) is 23.7 Å². The fraction of sp³-hybridized carbons (Fsp3) is 0.148. The van der Waals surface area contributed by atoms with E-state index in [1.165, 1.54) is 10.6 Å². The highest BCUT2D eigenvalue weighted by Crippen LogP contribution is 2.37. The first-order valence-electron chi connectivity index (χ1n) is 10.8. The molecule has 0 saturated heterocycles. The maximum Gasteiger partial charge on any atom is 0.416 e. The van der Waals surface area contributed by atoms with Gasteiger partial charge in [-0.15, -0.1) is 0 Å². The van der Waals surface area contributed by atoms with Gasteiger partial charge >= 0.3 is 12.4 Å². The minimum Gasteiger partial charge on any atom is -0.366 e. The molecule has 2 N–H and O–H groups in total. The third-order valence-corrected chi connectivity index (χ3v) is 5.91. The van der Waals surface area contributed by atoms with E-state index in [1.54, 1.807) is 19.1 Å². The first kappa shape index (κ1) is 25.1. The normalized spacial score (nSPS) is 12.1. The first-order chi connectivity index (χ1) is 16.8. The fourth-order valence-corrected chi connectivity index (χ4v) is 4.09. The van der Waals surface area contributed by atoms with Crippen LogP contribution in [0.3, 0.4) is 0 Å². The Morgan fingerprint density at radius 3 is 1.75 bits per heavy atom. The zero-order valence-corrected chi connectivity index (χ0v) is 18.9. The summed E-state index contributed by atoms with van der Waals surface area (Å²) in [6.45, 7) is 1.21. The quantitative estimate of drug-likeness (QED) is 0.286. The molecule has 4 rings (SSSR count). The zero-order chi connectivity index (χ0) is 26.3. The Kier molecular flexibility index (Phi) is 6.43. The first-order valence-corrected chi connectivity index (χ1v) is 10.8. The van der Waals surface area contributed by atoms with Crippen LogP contribution < -0.4 is 5.73 Å². The summed E-state index contributed by atoms with van der Waals surface area (Å²) < 4.78 is 81.6. The molecule has 0 aliphatic carbocycles. The maximum absolute atomic E-state index is 13.4.